The van der Waals surface area contributed by atoms with Gasteiger partial charge in [-0.25, -0.2) is 0 Å². The molecule has 0 bridgehead atoms. The summed E-state index contributed by atoms with van der Waals surface area (Å²) < 4.78 is 10.4. The lowest BCUT2D eigenvalue weighted by Gasteiger charge is -2.10. The molecule has 1 amide bonds. The van der Waals surface area contributed by atoms with Crippen molar-refractivity contribution < 1.29 is 14.3 Å². The van der Waals surface area contributed by atoms with Crippen LogP contribution in [0.4, 0.5) is 5.69 Å². The van der Waals surface area contributed by atoms with Gasteiger partial charge in [0.1, 0.15) is 0 Å². The van der Waals surface area contributed by atoms with Gasteiger partial charge >= 0.3 is 0 Å². The van der Waals surface area contributed by atoms with E-state index in [1.165, 1.54) is 20.3 Å². The molecule has 23 heavy (non-hydrogen) atoms. The third kappa shape index (κ3) is 4.65. The standard InChI is InChI=1S/C17H15Cl2NO3/c1-22-15-9-11(8-14(19)17(15)23-2)6-7-16(21)20-13-5-3-4-12(18)10-13/h3-10H,1-2H3,(H,20,21)/b7-6+. The summed E-state index contributed by atoms with van der Waals surface area (Å²) in [6.45, 7) is 0. The molecule has 2 rings (SSSR count). The van der Waals surface area contributed by atoms with Crippen molar-refractivity contribution in [3.05, 3.63) is 58.1 Å². The molecule has 0 heterocycles. The number of hydrogen-bond acceptors (Lipinski definition) is 3. The number of nitrogens with one attached hydrogen (secondary N) is 1. The average Bonchev–Trinajstić information content (AvgIpc) is 2.52. The van der Waals surface area contributed by atoms with Gasteiger partial charge in [0.25, 0.3) is 0 Å². The fraction of sp³-hybridized carbons (Fsp3) is 0.118. The topological polar surface area (TPSA) is 47.6 Å². The second-order valence-corrected chi connectivity index (χ2v) is 5.41. The van der Waals surface area contributed by atoms with Gasteiger partial charge in [0.05, 0.1) is 19.2 Å². The highest BCUT2D eigenvalue weighted by Crippen LogP contribution is 2.36. The lowest BCUT2D eigenvalue weighted by atomic mass is 10.2. The Morgan fingerprint density at radius 1 is 1.13 bits per heavy atom. The van der Waals surface area contributed by atoms with E-state index in [9.17, 15) is 4.79 Å². The van der Waals surface area contributed by atoms with Crippen LogP contribution in [0.25, 0.3) is 6.08 Å². The van der Waals surface area contributed by atoms with E-state index in [0.29, 0.717) is 32.8 Å². The molecule has 1 N–H and O–H groups in total. The van der Waals surface area contributed by atoms with Crippen molar-refractivity contribution in [2.45, 2.75) is 0 Å². The van der Waals surface area contributed by atoms with Crippen molar-refractivity contribution in [3.63, 3.8) is 0 Å². The first-order valence-corrected chi connectivity index (χ1v) is 7.45. The van der Waals surface area contributed by atoms with E-state index in [1.807, 2.05) is 0 Å². The lowest BCUT2D eigenvalue weighted by Crippen LogP contribution is -2.07. The van der Waals surface area contributed by atoms with Crippen LogP contribution >= 0.6 is 23.2 Å². The number of ether oxygens (including phenoxy) is 2. The third-order valence-electron chi connectivity index (χ3n) is 2.98. The van der Waals surface area contributed by atoms with Crippen LogP contribution in [0.15, 0.2) is 42.5 Å². The van der Waals surface area contributed by atoms with Gasteiger partial charge in [0.15, 0.2) is 11.5 Å². The highest BCUT2D eigenvalue weighted by molar-refractivity contribution is 6.32. The Morgan fingerprint density at radius 2 is 1.91 bits per heavy atom. The average molecular weight is 352 g/mol. The Morgan fingerprint density at radius 3 is 2.57 bits per heavy atom. The maximum absolute atomic E-state index is 11.9. The molecule has 4 nitrogen and oxygen atoms in total. The number of carbonyl (C=O) groups excluding carboxylic acids is 1. The fourth-order valence-electron chi connectivity index (χ4n) is 1.96. The predicted molar refractivity (Wildman–Crippen MR) is 93.7 cm³/mol. The van der Waals surface area contributed by atoms with Gasteiger partial charge in [-0.15, -0.1) is 0 Å². The van der Waals surface area contributed by atoms with Crippen LogP contribution in [-0.4, -0.2) is 20.1 Å². The predicted octanol–water partition coefficient (Wildman–Crippen LogP) is 4.66. The molecule has 0 unspecified atom stereocenters. The second kappa shape index (κ2) is 7.90. The molecule has 6 heteroatoms. The number of anilines is 1. The first-order chi connectivity index (χ1) is 11.0. The number of benzene rings is 2. The summed E-state index contributed by atoms with van der Waals surface area (Å²) in [6.07, 6.45) is 3.03. The zero-order chi connectivity index (χ0) is 16.8. The van der Waals surface area contributed by atoms with E-state index in [-0.39, 0.29) is 5.91 Å². The lowest BCUT2D eigenvalue weighted by molar-refractivity contribution is -0.111. The maximum atomic E-state index is 11.9. The van der Waals surface area contributed by atoms with Crippen LogP contribution in [0.1, 0.15) is 5.56 Å². The van der Waals surface area contributed by atoms with E-state index >= 15 is 0 Å². The SMILES string of the molecule is COc1cc(/C=C/C(=O)Nc2cccc(Cl)c2)cc(Cl)c1OC. The Hall–Kier alpha value is -2.17. The highest BCUT2D eigenvalue weighted by Gasteiger charge is 2.09. The van der Waals surface area contributed by atoms with E-state index < -0.39 is 0 Å². The summed E-state index contributed by atoms with van der Waals surface area (Å²) >= 11 is 12.0. The molecule has 0 fully saturated rings. The van der Waals surface area contributed by atoms with E-state index in [1.54, 1.807) is 42.5 Å². The quantitative estimate of drug-likeness (QED) is 0.796. The molecule has 120 valence electrons. The summed E-state index contributed by atoms with van der Waals surface area (Å²) in [4.78, 5) is 11.9. The van der Waals surface area contributed by atoms with Crippen molar-refractivity contribution in [1.82, 2.24) is 0 Å². The molecular formula is C17H15Cl2NO3. The molecular weight excluding hydrogens is 337 g/mol. The molecule has 0 saturated heterocycles. The van der Waals surface area contributed by atoms with Crippen molar-refractivity contribution >= 4 is 40.9 Å². The molecule has 0 aliphatic heterocycles. The van der Waals surface area contributed by atoms with Gasteiger partial charge < -0.3 is 14.8 Å². The van der Waals surface area contributed by atoms with Crippen LogP contribution < -0.4 is 14.8 Å². The Kier molecular flexibility index (Phi) is 5.90. The summed E-state index contributed by atoms with van der Waals surface area (Å²) in [5.41, 5.74) is 1.34. The van der Waals surface area contributed by atoms with Gasteiger partial charge in [-0.3, -0.25) is 4.79 Å². The summed E-state index contributed by atoms with van der Waals surface area (Å²) in [7, 11) is 3.03. The number of rotatable bonds is 5. The smallest absolute Gasteiger partial charge is 0.248 e. The van der Waals surface area contributed by atoms with Crippen LogP contribution in [0.5, 0.6) is 11.5 Å². The van der Waals surface area contributed by atoms with Crippen LogP contribution in [0.2, 0.25) is 10.0 Å². The minimum absolute atomic E-state index is 0.279. The molecule has 0 atom stereocenters. The largest absolute Gasteiger partial charge is 0.493 e. The summed E-state index contributed by atoms with van der Waals surface area (Å²) in [5, 5.41) is 3.68. The monoisotopic (exact) mass is 351 g/mol. The molecule has 2 aromatic carbocycles. The minimum Gasteiger partial charge on any atom is -0.493 e. The van der Waals surface area contributed by atoms with Gasteiger partial charge in [-0.2, -0.15) is 0 Å². The number of hydrogen-bond donors (Lipinski definition) is 1. The Balaban J connectivity index is 2.13. The third-order valence-corrected chi connectivity index (χ3v) is 3.49. The van der Waals surface area contributed by atoms with E-state index in [4.69, 9.17) is 32.7 Å². The van der Waals surface area contributed by atoms with Crippen LogP contribution in [-0.2, 0) is 4.79 Å². The molecule has 2 aromatic rings. The zero-order valence-electron chi connectivity index (χ0n) is 12.6. The van der Waals surface area contributed by atoms with Gasteiger partial charge in [-0.05, 0) is 42.0 Å². The molecule has 0 radical (unpaired) electrons. The van der Waals surface area contributed by atoms with Crippen LogP contribution in [0, 0.1) is 0 Å². The number of amides is 1. The van der Waals surface area contributed by atoms with Crippen molar-refractivity contribution in [2.24, 2.45) is 0 Å². The van der Waals surface area contributed by atoms with Gasteiger partial charge in [-0.1, -0.05) is 29.3 Å². The summed E-state index contributed by atoms with van der Waals surface area (Å²) in [6, 6.07) is 10.3. The Labute approximate surface area is 144 Å². The van der Waals surface area contributed by atoms with Gasteiger partial charge in [0.2, 0.25) is 5.91 Å². The maximum Gasteiger partial charge on any atom is 0.248 e. The number of halogens is 2. The second-order valence-electron chi connectivity index (χ2n) is 4.57. The molecule has 0 saturated carbocycles. The number of methoxy groups -OCH3 is 2. The minimum atomic E-state index is -0.279. The first-order valence-electron chi connectivity index (χ1n) is 6.69. The van der Waals surface area contributed by atoms with Gasteiger partial charge in [0, 0.05) is 16.8 Å². The molecule has 0 aliphatic carbocycles. The molecule has 0 aromatic heterocycles. The van der Waals surface area contributed by atoms with Crippen molar-refractivity contribution in [1.29, 1.82) is 0 Å². The van der Waals surface area contributed by atoms with Crippen molar-refractivity contribution in [3.8, 4) is 11.5 Å². The Bertz CT molecular complexity index is 745. The highest BCUT2D eigenvalue weighted by atomic mass is 35.5. The van der Waals surface area contributed by atoms with E-state index in [2.05, 4.69) is 5.32 Å². The zero-order valence-corrected chi connectivity index (χ0v) is 14.1. The molecule has 0 aliphatic rings. The first kappa shape index (κ1) is 17.2. The van der Waals surface area contributed by atoms with E-state index in [0.717, 1.165) is 0 Å². The molecule has 0 spiro atoms. The summed E-state index contributed by atoms with van der Waals surface area (Å²) in [5.74, 6) is 0.669. The normalized spacial score (nSPS) is 10.6. The van der Waals surface area contributed by atoms with Crippen LogP contribution in [0.3, 0.4) is 0 Å². The fourth-order valence-corrected chi connectivity index (χ4v) is 2.44. The van der Waals surface area contributed by atoms with Crippen molar-refractivity contribution in [2.75, 3.05) is 19.5 Å². The number of carbonyl (C=O) groups is 1.